The number of nitrogens with one attached hydrogen (secondary N) is 1. The third-order valence-electron chi connectivity index (χ3n) is 1.30. The van der Waals surface area contributed by atoms with Crippen LogP contribution >= 0.6 is 15.9 Å². The lowest BCUT2D eigenvalue weighted by Crippen LogP contribution is -2.10. The standard InChI is InChI=1S/C5H8BrN3O3S/c6-4-7-5(9-8-4)13(11,12)3-1-2-10/h10H,1-3H2,(H,7,8,9). The zero-order chi connectivity index (χ0) is 9.90. The number of rotatable bonds is 4. The predicted octanol–water partition coefficient (Wildman–Crippen LogP) is -0.277. The molecule has 0 spiro atoms. The molecule has 1 aromatic rings. The zero-order valence-corrected chi connectivity index (χ0v) is 8.97. The van der Waals surface area contributed by atoms with E-state index in [9.17, 15) is 8.42 Å². The highest BCUT2D eigenvalue weighted by Crippen LogP contribution is 2.08. The van der Waals surface area contributed by atoms with Crippen molar-refractivity contribution < 1.29 is 13.5 Å². The SMILES string of the molecule is O=S(=O)(CCCO)c1nc(Br)n[nH]1. The minimum absolute atomic E-state index is 0.134. The van der Waals surface area contributed by atoms with E-state index >= 15 is 0 Å². The molecule has 0 aromatic carbocycles. The molecule has 0 saturated heterocycles. The monoisotopic (exact) mass is 269 g/mol. The Morgan fingerprint density at radius 3 is 2.69 bits per heavy atom. The fourth-order valence-electron chi connectivity index (χ4n) is 0.718. The van der Waals surface area contributed by atoms with Crippen LogP contribution in [0.1, 0.15) is 6.42 Å². The topological polar surface area (TPSA) is 95.9 Å². The number of aromatic nitrogens is 3. The van der Waals surface area contributed by atoms with Crippen LogP contribution in [0.15, 0.2) is 9.89 Å². The van der Waals surface area contributed by atoms with Crippen LogP contribution in [-0.2, 0) is 9.84 Å². The summed E-state index contributed by atoms with van der Waals surface area (Å²) in [6.07, 6.45) is 0.195. The highest BCUT2D eigenvalue weighted by Gasteiger charge is 2.18. The van der Waals surface area contributed by atoms with Gasteiger partial charge in [-0.1, -0.05) is 0 Å². The van der Waals surface area contributed by atoms with E-state index in [-0.39, 0.29) is 28.7 Å². The summed E-state index contributed by atoms with van der Waals surface area (Å²) in [6.45, 7) is -0.158. The lowest BCUT2D eigenvalue weighted by Gasteiger charge is -1.96. The van der Waals surface area contributed by atoms with E-state index in [1.54, 1.807) is 0 Å². The number of aliphatic hydroxyl groups is 1. The second kappa shape index (κ2) is 4.16. The van der Waals surface area contributed by atoms with Gasteiger partial charge in [-0.25, -0.2) is 13.5 Å². The Kier molecular flexibility index (Phi) is 3.40. The summed E-state index contributed by atoms with van der Waals surface area (Å²) in [7, 11) is -3.42. The van der Waals surface area contributed by atoms with Gasteiger partial charge >= 0.3 is 0 Å². The van der Waals surface area contributed by atoms with Gasteiger partial charge in [0.15, 0.2) is 0 Å². The van der Waals surface area contributed by atoms with Gasteiger partial charge in [-0.3, -0.25) is 0 Å². The summed E-state index contributed by atoms with van der Waals surface area (Å²) in [5.74, 6) is -0.134. The predicted molar refractivity (Wildman–Crippen MR) is 47.8 cm³/mol. The molecule has 0 atom stereocenters. The van der Waals surface area contributed by atoms with Crippen LogP contribution in [0, 0.1) is 0 Å². The average Bonchev–Trinajstić information content (AvgIpc) is 2.49. The second-order valence-corrected chi connectivity index (χ2v) is 5.04. The molecule has 0 bridgehead atoms. The lowest BCUT2D eigenvalue weighted by atomic mass is 10.5. The molecule has 1 heterocycles. The van der Waals surface area contributed by atoms with E-state index in [4.69, 9.17) is 5.11 Å². The van der Waals surface area contributed by atoms with Crippen molar-refractivity contribution in [3.8, 4) is 0 Å². The van der Waals surface area contributed by atoms with Crippen LogP contribution < -0.4 is 0 Å². The quantitative estimate of drug-likeness (QED) is 0.784. The minimum Gasteiger partial charge on any atom is -0.396 e. The Hall–Kier alpha value is -0.470. The smallest absolute Gasteiger partial charge is 0.243 e. The fourth-order valence-corrected chi connectivity index (χ4v) is 2.21. The lowest BCUT2D eigenvalue weighted by molar-refractivity contribution is 0.295. The molecule has 0 saturated carbocycles. The van der Waals surface area contributed by atoms with Gasteiger partial charge in [0.25, 0.3) is 0 Å². The molecule has 0 fully saturated rings. The van der Waals surface area contributed by atoms with Crippen LogP contribution in [0.25, 0.3) is 0 Å². The molecule has 8 heteroatoms. The van der Waals surface area contributed by atoms with E-state index in [0.717, 1.165) is 0 Å². The van der Waals surface area contributed by atoms with Gasteiger partial charge in [-0.2, -0.15) is 4.98 Å². The Labute approximate surface area is 83.4 Å². The first-order valence-electron chi connectivity index (χ1n) is 3.48. The van der Waals surface area contributed by atoms with E-state index in [1.807, 2.05) is 0 Å². The van der Waals surface area contributed by atoms with Crippen LogP contribution in [0.5, 0.6) is 0 Å². The van der Waals surface area contributed by atoms with Gasteiger partial charge in [-0.05, 0) is 22.4 Å². The molecule has 0 aliphatic rings. The van der Waals surface area contributed by atoms with E-state index in [0.29, 0.717) is 0 Å². The number of aromatic amines is 1. The second-order valence-electron chi connectivity index (χ2n) is 2.31. The Morgan fingerprint density at radius 2 is 2.23 bits per heavy atom. The molecule has 74 valence electrons. The Morgan fingerprint density at radius 1 is 1.54 bits per heavy atom. The van der Waals surface area contributed by atoms with Crippen molar-refractivity contribution in [2.45, 2.75) is 11.6 Å². The van der Waals surface area contributed by atoms with Gasteiger partial charge in [-0.15, -0.1) is 5.10 Å². The molecular formula is C5H8BrN3O3S. The third-order valence-corrected chi connectivity index (χ3v) is 3.26. The highest BCUT2D eigenvalue weighted by atomic mass is 79.9. The first-order valence-corrected chi connectivity index (χ1v) is 5.92. The molecule has 0 aliphatic heterocycles. The summed E-state index contributed by atoms with van der Waals surface area (Å²) >= 11 is 2.93. The highest BCUT2D eigenvalue weighted by molar-refractivity contribution is 9.10. The van der Waals surface area contributed by atoms with E-state index in [1.165, 1.54) is 0 Å². The van der Waals surface area contributed by atoms with Crippen LogP contribution in [0.2, 0.25) is 0 Å². The molecule has 0 unspecified atom stereocenters. The number of hydrogen-bond donors (Lipinski definition) is 2. The average molecular weight is 270 g/mol. The van der Waals surface area contributed by atoms with Crippen molar-refractivity contribution >= 4 is 25.8 Å². The zero-order valence-electron chi connectivity index (χ0n) is 6.57. The summed E-state index contributed by atoms with van der Waals surface area (Å²) < 4.78 is 22.9. The molecule has 0 radical (unpaired) electrons. The summed E-state index contributed by atoms with van der Waals surface area (Å²) in [6, 6.07) is 0. The third kappa shape index (κ3) is 2.75. The van der Waals surface area contributed by atoms with E-state index < -0.39 is 9.84 Å². The van der Waals surface area contributed by atoms with Crippen molar-refractivity contribution in [3.63, 3.8) is 0 Å². The molecule has 1 rings (SSSR count). The van der Waals surface area contributed by atoms with Crippen molar-refractivity contribution in [1.82, 2.24) is 15.2 Å². The van der Waals surface area contributed by atoms with Crippen LogP contribution in [0.4, 0.5) is 0 Å². The van der Waals surface area contributed by atoms with E-state index in [2.05, 4.69) is 31.1 Å². The van der Waals surface area contributed by atoms with Crippen molar-refractivity contribution in [2.75, 3.05) is 12.4 Å². The molecule has 2 N–H and O–H groups in total. The fraction of sp³-hybridized carbons (Fsp3) is 0.600. The minimum atomic E-state index is -3.42. The molecule has 13 heavy (non-hydrogen) atoms. The number of hydrogen-bond acceptors (Lipinski definition) is 5. The van der Waals surface area contributed by atoms with Crippen LogP contribution in [-0.4, -0.2) is 41.1 Å². The van der Waals surface area contributed by atoms with Crippen LogP contribution in [0.3, 0.4) is 0 Å². The molecule has 1 aromatic heterocycles. The van der Waals surface area contributed by atoms with Crippen molar-refractivity contribution in [1.29, 1.82) is 0 Å². The first kappa shape index (κ1) is 10.6. The first-order chi connectivity index (χ1) is 6.06. The molecule has 0 aliphatic carbocycles. The molecular weight excluding hydrogens is 262 g/mol. The number of sulfone groups is 1. The number of aliphatic hydroxyl groups excluding tert-OH is 1. The van der Waals surface area contributed by atoms with Crippen molar-refractivity contribution in [2.24, 2.45) is 0 Å². The maximum Gasteiger partial charge on any atom is 0.243 e. The van der Waals surface area contributed by atoms with Gasteiger partial charge < -0.3 is 5.11 Å². The van der Waals surface area contributed by atoms with Gasteiger partial charge in [0.2, 0.25) is 19.7 Å². The Bertz CT molecular complexity index is 374. The molecule has 6 nitrogen and oxygen atoms in total. The number of H-pyrrole nitrogens is 1. The number of halogens is 1. The largest absolute Gasteiger partial charge is 0.396 e. The molecule has 0 amide bonds. The maximum absolute atomic E-state index is 11.3. The van der Waals surface area contributed by atoms with Crippen molar-refractivity contribution in [3.05, 3.63) is 4.73 Å². The maximum atomic E-state index is 11.3. The summed E-state index contributed by atoms with van der Waals surface area (Å²) in [4.78, 5) is 3.62. The van der Waals surface area contributed by atoms with Gasteiger partial charge in [0.1, 0.15) is 0 Å². The summed E-state index contributed by atoms with van der Waals surface area (Å²) in [5, 5.41) is 14.1. The normalized spacial score (nSPS) is 11.8. The van der Waals surface area contributed by atoms with Gasteiger partial charge in [0, 0.05) is 6.61 Å². The van der Waals surface area contributed by atoms with Gasteiger partial charge in [0.05, 0.1) is 5.75 Å². The summed E-state index contributed by atoms with van der Waals surface area (Å²) in [5.41, 5.74) is 0. The Balaban J connectivity index is 2.82. The number of nitrogens with zero attached hydrogens (tertiary/aromatic N) is 2.